The molecule has 3 rings (SSSR count). The van der Waals surface area contributed by atoms with Crippen LogP contribution in [0.1, 0.15) is 47.5 Å². The van der Waals surface area contributed by atoms with Crippen molar-refractivity contribution in [3.05, 3.63) is 100.0 Å². The van der Waals surface area contributed by atoms with Crippen LogP contribution < -0.4 is 10.9 Å². The number of carbonyl (C=O) groups is 1. The van der Waals surface area contributed by atoms with Gasteiger partial charge in [-0.2, -0.15) is 5.10 Å². The van der Waals surface area contributed by atoms with Crippen LogP contribution in [0.25, 0.3) is 0 Å². The summed E-state index contributed by atoms with van der Waals surface area (Å²) in [4.78, 5) is 24.7. The fourth-order valence-electron chi connectivity index (χ4n) is 2.77. The van der Waals surface area contributed by atoms with E-state index >= 15 is 0 Å². The Hall–Kier alpha value is -3.21. The molecular formula is C21H21N3O2. The van der Waals surface area contributed by atoms with Gasteiger partial charge in [-0.1, -0.05) is 60.7 Å². The first-order valence-electron chi connectivity index (χ1n) is 8.57. The van der Waals surface area contributed by atoms with Gasteiger partial charge in [-0.3, -0.25) is 9.59 Å². The molecule has 0 aliphatic rings. The lowest BCUT2D eigenvalue weighted by Gasteiger charge is -2.20. The predicted molar refractivity (Wildman–Crippen MR) is 101 cm³/mol. The van der Waals surface area contributed by atoms with Crippen LogP contribution >= 0.6 is 0 Å². The number of carbonyl (C=O) groups excluding carboxylic acids is 1. The number of benzene rings is 2. The van der Waals surface area contributed by atoms with Gasteiger partial charge in [0.05, 0.1) is 12.1 Å². The molecule has 132 valence electrons. The summed E-state index contributed by atoms with van der Waals surface area (Å²) < 4.78 is 1.31. The van der Waals surface area contributed by atoms with E-state index in [9.17, 15) is 9.59 Å². The quantitative estimate of drug-likeness (QED) is 0.770. The number of hydrogen-bond acceptors (Lipinski definition) is 3. The summed E-state index contributed by atoms with van der Waals surface area (Å²) in [7, 11) is 0. The van der Waals surface area contributed by atoms with Crippen molar-refractivity contribution >= 4 is 5.91 Å². The largest absolute Gasteiger partial charge is 0.340 e. The second-order valence-corrected chi connectivity index (χ2v) is 6.32. The molecule has 1 amide bonds. The third-order valence-corrected chi connectivity index (χ3v) is 4.09. The molecule has 3 aromatic rings. The van der Waals surface area contributed by atoms with E-state index in [0.29, 0.717) is 0 Å². The first-order chi connectivity index (χ1) is 12.6. The molecule has 0 unspecified atom stereocenters. The first kappa shape index (κ1) is 17.6. The van der Waals surface area contributed by atoms with Crippen LogP contribution in [0, 0.1) is 0 Å². The van der Waals surface area contributed by atoms with Gasteiger partial charge in [0.25, 0.3) is 11.5 Å². The van der Waals surface area contributed by atoms with Crippen molar-refractivity contribution in [2.24, 2.45) is 0 Å². The maximum Gasteiger partial charge on any atom is 0.272 e. The van der Waals surface area contributed by atoms with Crippen LogP contribution in [0.2, 0.25) is 0 Å². The zero-order valence-corrected chi connectivity index (χ0v) is 14.8. The van der Waals surface area contributed by atoms with Crippen LogP contribution in [0.5, 0.6) is 0 Å². The van der Waals surface area contributed by atoms with Crippen molar-refractivity contribution in [1.29, 1.82) is 0 Å². The number of aromatic nitrogens is 2. The minimum Gasteiger partial charge on any atom is -0.340 e. The summed E-state index contributed by atoms with van der Waals surface area (Å²) in [6, 6.07) is 21.9. The Balaban J connectivity index is 1.94. The van der Waals surface area contributed by atoms with Gasteiger partial charge in [0.1, 0.15) is 5.69 Å². The van der Waals surface area contributed by atoms with Crippen LogP contribution in [0.15, 0.2) is 77.6 Å². The highest BCUT2D eigenvalue weighted by atomic mass is 16.2. The van der Waals surface area contributed by atoms with E-state index in [1.807, 2.05) is 74.5 Å². The van der Waals surface area contributed by atoms with Crippen LogP contribution in [-0.2, 0) is 0 Å². The highest BCUT2D eigenvalue weighted by Gasteiger charge is 2.19. The molecule has 0 bridgehead atoms. The highest BCUT2D eigenvalue weighted by molar-refractivity contribution is 5.92. The van der Waals surface area contributed by atoms with E-state index in [-0.39, 0.29) is 29.2 Å². The van der Waals surface area contributed by atoms with Crippen LogP contribution in [-0.4, -0.2) is 15.7 Å². The molecular weight excluding hydrogens is 326 g/mol. The number of amides is 1. The van der Waals surface area contributed by atoms with E-state index in [4.69, 9.17) is 0 Å². The molecule has 1 heterocycles. The van der Waals surface area contributed by atoms with Gasteiger partial charge in [-0.25, -0.2) is 4.68 Å². The average Bonchev–Trinajstić information content (AvgIpc) is 2.67. The maximum atomic E-state index is 12.8. The molecule has 5 heteroatoms. The number of nitrogens with one attached hydrogen (secondary N) is 1. The van der Waals surface area contributed by atoms with Gasteiger partial charge in [0.15, 0.2) is 0 Å². The maximum absolute atomic E-state index is 12.8. The van der Waals surface area contributed by atoms with E-state index < -0.39 is 0 Å². The fraction of sp³-hybridized carbons (Fsp3) is 0.190. The highest BCUT2D eigenvalue weighted by Crippen LogP contribution is 2.22. The third-order valence-electron chi connectivity index (χ3n) is 4.09. The van der Waals surface area contributed by atoms with Crippen molar-refractivity contribution in [2.75, 3.05) is 0 Å². The van der Waals surface area contributed by atoms with E-state index in [2.05, 4.69) is 10.4 Å². The van der Waals surface area contributed by atoms with Gasteiger partial charge in [0.2, 0.25) is 0 Å². The Morgan fingerprint density at radius 3 is 1.92 bits per heavy atom. The SMILES string of the molecule is CC(C)n1nc(C(=O)NC(c2ccccc2)c2ccccc2)ccc1=O. The van der Waals surface area contributed by atoms with Crippen molar-refractivity contribution in [3.8, 4) is 0 Å². The molecule has 1 aromatic heterocycles. The molecule has 0 aliphatic heterocycles. The van der Waals surface area contributed by atoms with Gasteiger partial charge < -0.3 is 5.32 Å². The van der Waals surface area contributed by atoms with Crippen molar-refractivity contribution in [2.45, 2.75) is 25.9 Å². The second-order valence-electron chi connectivity index (χ2n) is 6.32. The lowest BCUT2D eigenvalue weighted by Crippen LogP contribution is -2.33. The van der Waals surface area contributed by atoms with Crippen molar-refractivity contribution < 1.29 is 4.79 Å². The van der Waals surface area contributed by atoms with Crippen molar-refractivity contribution in [3.63, 3.8) is 0 Å². The smallest absolute Gasteiger partial charge is 0.272 e. The van der Waals surface area contributed by atoms with Gasteiger partial charge >= 0.3 is 0 Å². The van der Waals surface area contributed by atoms with Gasteiger partial charge in [0, 0.05) is 6.07 Å². The Morgan fingerprint density at radius 2 is 1.42 bits per heavy atom. The molecule has 0 spiro atoms. The number of hydrogen-bond donors (Lipinski definition) is 1. The molecule has 0 saturated carbocycles. The van der Waals surface area contributed by atoms with Crippen LogP contribution in [0.3, 0.4) is 0 Å². The number of rotatable bonds is 5. The minimum atomic E-state index is -0.322. The van der Waals surface area contributed by atoms with Crippen LogP contribution in [0.4, 0.5) is 0 Å². The van der Waals surface area contributed by atoms with Crippen molar-refractivity contribution in [1.82, 2.24) is 15.1 Å². The lowest BCUT2D eigenvalue weighted by molar-refractivity contribution is 0.0935. The molecule has 0 radical (unpaired) electrons. The monoisotopic (exact) mass is 347 g/mol. The summed E-state index contributed by atoms with van der Waals surface area (Å²) in [5.41, 5.74) is 1.95. The first-order valence-corrected chi connectivity index (χ1v) is 8.57. The Bertz CT molecular complexity index is 895. The number of nitrogens with zero attached hydrogens (tertiary/aromatic N) is 2. The topological polar surface area (TPSA) is 64.0 Å². The third kappa shape index (κ3) is 3.88. The normalized spacial score (nSPS) is 10.9. The zero-order valence-electron chi connectivity index (χ0n) is 14.8. The zero-order chi connectivity index (χ0) is 18.5. The molecule has 26 heavy (non-hydrogen) atoms. The van der Waals surface area contributed by atoms with Gasteiger partial charge in [-0.15, -0.1) is 0 Å². The molecule has 0 atom stereocenters. The van der Waals surface area contributed by atoms with Gasteiger partial charge in [-0.05, 0) is 31.0 Å². The summed E-state index contributed by atoms with van der Waals surface area (Å²) in [6.07, 6.45) is 0. The summed E-state index contributed by atoms with van der Waals surface area (Å²) in [5, 5.41) is 7.24. The predicted octanol–water partition coefficient (Wildman–Crippen LogP) is 3.34. The van der Waals surface area contributed by atoms with E-state index in [1.54, 1.807) is 0 Å². The minimum absolute atomic E-state index is 0.116. The Morgan fingerprint density at radius 1 is 0.885 bits per heavy atom. The molecule has 0 saturated heterocycles. The summed E-state index contributed by atoms with van der Waals surface area (Å²) in [6.45, 7) is 3.71. The Labute approximate surface area is 152 Å². The summed E-state index contributed by atoms with van der Waals surface area (Å²) >= 11 is 0. The second kappa shape index (κ2) is 7.78. The average molecular weight is 347 g/mol. The molecule has 0 aliphatic carbocycles. The molecule has 2 aromatic carbocycles. The van der Waals surface area contributed by atoms with E-state index in [1.165, 1.54) is 16.8 Å². The molecule has 0 fully saturated rings. The standard InChI is InChI=1S/C21H21N3O2/c1-15(2)24-19(25)14-13-18(23-24)21(26)22-20(16-9-5-3-6-10-16)17-11-7-4-8-12-17/h3-15,20H,1-2H3,(H,22,26). The fourth-order valence-corrected chi connectivity index (χ4v) is 2.77. The Kier molecular flexibility index (Phi) is 5.27. The lowest BCUT2D eigenvalue weighted by atomic mass is 9.98. The van der Waals surface area contributed by atoms with E-state index in [0.717, 1.165) is 11.1 Å². The summed E-state index contributed by atoms with van der Waals surface area (Å²) in [5.74, 6) is -0.322. The molecule has 1 N–H and O–H groups in total. The molecule has 5 nitrogen and oxygen atoms in total.